The Balaban J connectivity index is 3.40. The molecule has 3 N–H and O–H groups in total. The Hall–Kier alpha value is -1.55. The Morgan fingerprint density at radius 3 is 2.41 bits per heavy atom. The number of alkyl halides is 3. The lowest BCUT2D eigenvalue weighted by Crippen LogP contribution is -2.20. The van der Waals surface area contributed by atoms with E-state index in [-0.39, 0.29) is 0 Å². The van der Waals surface area contributed by atoms with Crippen LogP contribution in [0.2, 0.25) is 0 Å². The molecular formula is C7H7F3N2O4S. The molecule has 0 amide bonds. The molecule has 1 heterocycles. The molecule has 1 aromatic heterocycles. The lowest BCUT2D eigenvalue weighted by atomic mass is 10.3. The number of halogens is 3. The van der Waals surface area contributed by atoms with Crippen LogP contribution in [0.4, 0.5) is 13.2 Å². The minimum atomic E-state index is -5.02. The number of rotatable bonds is 2. The third-order valence-electron chi connectivity index (χ3n) is 1.70. The van der Waals surface area contributed by atoms with Crippen LogP contribution in [-0.2, 0) is 10.0 Å². The Labute approximate surface area is 93.9 Å². The summed E-state index contributed by atoms with van der Waals surface area (Å²) in [4.78, 5) is 2.27. The molecule has 0 unspecified atom stereocenters. The number of aromatic nitrogens is 1. The van der Waals surface area contributed by atoms with Gasteiger partial charge in [0, 0.05) is 5.56 Å². The SMILES string of the molecule is Cc1c(OC(F)(F)F)ncc(O)c1S(N)(=O)=O. The number of pyridine rings is 1. The van der Waals surface area contributed by atoms with Gasteiger partial charge in [-0.15, -0.1) is 13.2 Å². The van der Waals surface area contributed by atoms with Gasteiger partial charge in [-0.05, 0) is 6.92 Å². The van der Waals surface area contributed by atoms with E-state index in [1.807, 2.05) is 0 Å². The van der Waals surface area contributed by atoms with Crippen molar-refractivity contribution in [1.82, 2.24) is 4.98 Å². The standard InChI is InChI=1S/C7H7F3N2O4S/c1-3-5(17(11,14)15)4(13)2-12-6(3)16-7(8,9)10/h2,13H,1H3,(H2,11,14,15). The molecule has 0 aliphatic rings. The maximum atomic E-state index is 11.9. The number of hydrogen-bond acceptors (Lipinski definition) is 5. The molecule has 0 atom stereocenters. The Kier molecular flexibility index (Phi) is 3.21. The van der Waals surface area contributed by atoms with E-state index in [0.29, 0.717) is 6.20 Å². The first kappa shape index (κ1) is 13.5. The highest BCUT2D eigenvalue weighted by Crippen LogP contribution is 2.32. The second kappa shape index (κ2) is 4.04. The number of ether oxygens (including phenoxy) is 1. The van der Waals surface area contributed by atoms with Crippen molar-refractivity contribution in [3.8, 4) is 11.6 Å². The van der Waals surface area contributed by atoms with Gasteiger partial charge in [0.15, 0.2) is 5.75 Å². The molecule has 17 heavy (non-hydrogen) atoms. The summed E-state index contributed by atoms with van der Waals surface area (Å²) < 4.78 is 61.4. The molecule has 0 saturated heterocycles. The first-order valence-corrected chi connectivity index (χ1v) is 5.54. The van der Waals surface area contributed by atoms with Crippen LogP contribution in [0, 0.1) is 6.92 Å². The lowest BCUT2D eigenvalue weighted by molar-refractivity contribution is -0.276. The lowest BCUT2D eigenvalue weighted by Gasteiger charge is -2.12. The quantitative estimate of drug-likeness (QED) is 0.822. The number of hydrogen-bond donors (Lipinski definition) is 2. The van der Waals surface area contributed by atoms with Gasteiger partial charge in [-0.25, -0.2) is 18.5 Å². The van der Waals surface area contributed by atoms with Gasteiger partial charge >= 0.3 is 6.36 Å². The van der Waals surface area contributed by atoms with Gasteiger partial charge < -0.3 is 9.84 Å². The van der Waals surface area contributed by atoms with E-state index in [4.69, 9.17) is 5.14 Å². The topological polar surface area (TPSA) is 103 Å². The van der Waals surface area contributed by atoms with E-state index in [9.17, 15) is 26.7 Å². The summed E-state index contributed by atoms with van der Waals surface area (Å²) in [6.07, 6.45) is -4.52. The normalized spacial score (nSPS) is 12.5. The van der Waals surface area contributed by atoms with E-state index in [1.165, 1.54) is 0 Å². The highest BCUT2D eigenvalue weighted by atomic mass is 32.2. The molecule has 1 aromatic rings. The molecule has 0 fully saturated rings. The summed E-state index contributed by atoms with van der Waals surface area (Å²) in [7, 11) is -4.38. The second-order valence-electron chi connectivity index (χ2n) is 3.00. The van der Waals surface area contributed by atoms with Crippen LogP contribution in [0.3, 0.4) is 0 Å². The van der Waals surface area contributed by atoms with Gasteiger partial charge in [0.25, 0.3) is 0 Å². The maximum Gasteiger partial charge on any atom is 0.574 e. The van der Waals surface area contributed by atoms with Crippen molar-refractivity contribution in [3.63, 3.8) is 0 Å². The fourth-order valence-corrected chi connectivity index (χ4v) is 1.99. The van der Waals surface area contributed by atoms with Crippen LogP contribution in [-0.4, -0.2) is 24.9 Å². The van der Waals surface area contributed by atoms with Crippen molar-refractivity contribution in [2.24, 2.45) is 5.14 Å². The van der Waals surface area contributed by atoms with Crippen molar-refractivity contribution in [1.29, 1.82) is 0 Å². The van der Waals surface area contributed by atoms with E-state index in [1.54, 1.807) is 0 Å². The molecule has 1 rings (SSSR count). The number of nitrogens with zero attached hydrogens (tertiary/aromatic N) is 1. The van der Waals surface area contributed by atoms with E-state index < -0.39 is 38.5 Å². The molecule has 6 nitrogen and oxygen atoms in total. The van der Waals surface area contributed by atoms with Crippen molar-refractivity contribution in [3.05, 3.63) is 11.8 Å². The molecule has 0 radical (unpaired) electrons. The van der Waals surface area contributed by atoms with Gasteiger partial charge in [-0.2, -0.15) is 0 Å². The summed E-state index contributed by atoms with van der Waals surface area (Å²) in [5.41, 5.74) is -0.523. The summed E-state index contributed by atoms with van der Waals surface area (Å²) in [6.45, 7) is 0.980. The molecular weight excluding hydrogens is 265 g/mol. The molecule has 0 aliphatic heterocycles. The summed E-state index contributed by atoms with van der Waals surface area (Å²) >= 11 is 0. The van der Waals surface area contributed by atoms with Crippen LogP contribution in [0.1, 0.15) is 5.56 Å². The Morgan fingerprint density at radius 2 is 2.00 bits per heavy atom. The van der Waals surface area contributed by atoms with Crippen molar-refractivity contribution < 1.29 is 31.4 Å². The highest BCUT2D eigenvalue weighted by Gasteiger charge is 2.34. The van der Waals surface area contributed by atoms with Crippen LogP contribution in [0.15, 0.2) is 11.1 Å². The van der Waals surface area contributed by atoms with Gasteiger partial charge in [0.2, 0.25) is 15.9 Å². The summed E-state index contributed by atoms with van der Waals surface area (Å²) in [5.74, 6) is -1.83. The summed E-state index contributed by atoms with van der Waals surface area (Å²) in [5, 5.41) is 13.9. The fourth-order valence-electron chi connectivity index (χ4n) is 1.14. The fraction of sp³-hybridized carbons (Fsp3) is 0.286. The zero-order valence-electron chi connectivity index (χ0n) is 8.32. The molecule has 0 bridgehead atoms. The number of sulfonamides is 1. The predicted octanol–water partition coefficient (Wildman–Crippen LogP) is 0.642. The first-order valence-electron chi connectivity index (χ1n) is 3.99. The number of primary sulfonamides is 1. The minimum Gasteiger partial charge on any atom is -0.505 e. The monoisotopic (exact) mass is 272 g/mol. The second-order valence-corrected chi connectivity index (χ2v) is 4.49. The molecule has 0 spiro atoms. The van der Waals surface area contributed by atoms with Gasteiger partial charge in [-0.3, -0.25) is 0 Å². The predicted molar refractivity (Wildman–Crippen MR) is 48.7 cm³/mol. The molecule has 0 saturated carbocycles. The van der Waals surface area contributed by atoms with Crippen LogP contribution < -0.4 is 9.88 Å². The molecule has 10 heteroatoms. The van der Waals surface area contributed by atoms with Crippen LogP contribution in [0.5, 0.6) is 11.6 Å². The zero-order chi connectivity index (χ0) is 13.4. The summed E-state index contributed by atoms with van der Waals surface area (Å²) in [6, 6.07) is 0. The van der Waals surface area contributed by atoms with Crippen LogP contribution >= 0.6 is 0 Å². The number of nitrogens with two attached hydrogens (primary N) is 1. The van der Waals surface area contributed by atoms with Crippen molar-refractivity contribution in [2.75, 3.05) is 0 Å². The Bertz CT molecular complexity index is 541. The zero-order valence-corrected chi connectivity index (χ0v) is 9.13. The van der Waals surface area contributed by atoms with E-state index in [2.05, 4.69) is 9.72 Å². The first-order chi connectivity index (χ1) is 7.52. The Morgan fingerprint density at radius 1 is 1.47 bits per heavy atom. The van der Waals surface area contributed by atoms with E-state index in [0.717, 1.165) is 6.92 Å². The van der Waals surface area contributed by atoms with Crippen molar-refractivity contribution >= 4 is 10.0 Å². The molecule has 0 aromatic carbocycles. The highest BCUT2D eigenvalue weighted by molar-refractivity contribution is 7.89. The molecule has 0 aliphatic carbocycles. The largest absolute Gasteiger partial charge is 0.574 e. The average molecular weight is 272 g/mol. The third kappa shape index (κ3) is 3.20. The average Bonchev–Trinajstić information content (AvgIpc) is 2.06. The minimum absolute atomic E-state index is 0.508. The van der Waals surface area contributed by atoms with Crippen LogP contribution in [0.25, 0.3) is 0 Å². The van der Waals surface area contributed by atoms with Gasteiger partial charge in [0.1, 0.15) is 4.90 Å². The van der Waals surface area contributed by atoms with Crippen molar-refractivity contribution in [2.45, 2.75) is 18.2 Å². The van der Waals surface area contributed by atoms with Gasteiger partial charge in [0.05, 0.1) is 6.20 Å². The smallest absolute Gasteiger partial charge is 0.505 e. The maximum absolute atomic E-state index is 11.9. The third-order valence-corrected chi connectivity index (χ3v) is 2.78. The van der Waals surface area contributed by atoms with E-state index >= 15 is 0 Å². The van der Waals surface area contributed by atoms with Gasteiger partial charge in [-0.1, -0.05) is 0 Å². The molecule has 96 valence electrons. The number of aromatic hydroxyl groups is 1.